The van der Waals surface area contributed by atoms with Gasteiger partial charge in [0.1, 0.15) is 15.9 Å². The number of hydrogen-bond donors (Lipinski definition) is 3. The van der Waals surface area contributed by atoms with E-state index < -0.39 is 29.9 Å². The summed E-state index contributed by atoms with van der Waals surface area (Å²) in [5.74, 6) is -2.18. The molecule has 0 unspecified atom stereocenters. The van der Waals surface area contributed by atoms with E-state index in [-0.39, 0.29) is 28.4 Å². The predicted molar refractivity (Wildman–Crippen MR) is 136 cm³/mol. The molecule has 0 fully saturated rings. The van der Waals surface area contributed by atoms with Gasteiger partial charge in [-0.05, 0) is 11.4 Å². The Hall–Kier alpha value is -4.21. The second kappa shape index (κ2) is 9.27. The van der Waals surface area contributed by atoms with Crippen molar-refractivity contribution >= 4 is 73.3 Å². The van der Waals surface area contributed by atoms with Crippen LogP contribution in [0, 0.1) is 0 Å². The number of allylic oxidation sites excluding steroid dienone is 1. The lowest BCUT2D eigenvalue weighted by Crippen LogP contribution is -2.39. The molecule has 15 heteroatoms. The number of nitrogens with zero attached hydrogens (tertiary/aromatic N) is 2. The topological polar surface area (TPSA) is 140 Å². The van der Waals surface area contributed by atoms with Gasteiger partial charge >= 0.3 is 11.9 Å². The highest BCUT2D eigenvalue weighted by Gasteiger charge is 2.26. The average Bonchev–Trinajstić information content (AvgIpc) is 3.66. The molecule has 0 amide bonds. The highest BCUT2D eigenvalue weighted by molar-refractivity contribution is 7.25. The SMILES string of the molecule is O=C(O)Cn1c(=O)/c(=C\C(F)=C2\Nc3cc4c(cc3O2)OCO4)s/c1=C/c1sc2ccsc2[n+]1CC(=O)O. The molecule has 0 saturated carbocycles. The van der Waals surface area contributed by atoms with Crippen LogP contribution in [0.25, 0.3) is 21.7 Å². The zero-order valence-electron chi connectivity index (χ0n) is 18.9. The molecule has 0 spiro atoms. The van der Waals surface area contributed by atoms with E-state index in [1.807, 2.05) is 11.4 Å². The zero-order chi connectivity index (χ0) is 26.6. The molecule has 2 aliphatic heterocycles. The summed E-state index contributed by atoms with van der Waals surface area (Å²) in [6, 6.07) is 5.01. The third-order valence-electron chi connectivity index (χ3n) is 5.52. The molecule has 3 aromatic heterocycles. The largest absolute Gasteiger partial charge is 0.480 e. The first-order chi connectivity index (χ1) is 18.3. The van der Waals surface area contributed by atoms with E-state index in [0.29, 0.717) is 27.9 Å². The summed E-state index contributed by atoms with van der Waals surface area (Å²) >= 11 is 3.55. The Kier molecular flexibility index (Phi) is 5.89. The maximum atomic E-state index is 15.2. The number of benzene rings is 1. The summed E-state index contributed by atoms with van der Waals surface area (Å²) < 4.78 is 34.9. The molecular weight excluding hydrogens is 561 g/mol. The number of anilines is 1. The van der Waals surface area contributed by atoms with Crippen LogP contribution in [0.3, 0.4) is 0 Å². The van der Waals surface area contributed by atoms with Gasteiger partial charge < -0.3 is 29.7 Å². The second-order valence-corrected chi connectivity index (χ2v) is 11.0. The number of aromatic nitrogens is 2. The molecule has 0 aliphatic carbocycles. The van der Waals surface area contributed by atoms with Gasteiger partial charge in [-0.1, -0.05) is 22.7 Å². The molecule has 5 heterocycles. The van der Waals surface area contributed by atoms with Gasteiger partial charge in [0.05, 0.1) is 16.3 Å². The highest BCUT2D eigenvalue weighted by atomic mass is 32.1. The van der Waals surface area contributed by atoms with E-state index >= 15 is 4.39 Å². The van der Waals surface area contributed by atoms with Crippen molar-refractivity contribution in [2.24, 2.45) is 0 Å². The van der Waals surface area contributed by atoms with Crippen molar-refractivity contribution in [3.8, 4) is 17.2 Å². The molecular formula is C23H15FN3O8S3+. The van der Waals surface area contributed by atoms with Crippen LogP contribution in [-0.4, -0.2) is 33.5 Å². The normalized spacial score (nSPS) is 16.0. The van der Waals surface area contributed by atoms with Gasteiger partial charge in [0.15, 0.2) is 23.1 Å². The van der Waals surface area contributed by atoms with Crippen molar-refractivity contribution in [3.63, 3.8) is 0 Å². The molecule has 1 aromatic carbocycles. The second-order valence-electron chi connectivity index (χ2n) is 7.99. The van der Waals surface area contributed by atoms with Gasteiger partial charge in [0.25, 0.3) is 15.4 Å². The summed E-state index contributed by atoms with van der Waals surface area (Å²) in [6.45, 7) is -0.898. The van der Waals surface area contributed by atoms with E-state index in [4.69, 9.17) is 14.2 Å². The van der Waals surface area contributed by atoms with E-state index in [1.165, 1.54) is 22.7 Å². The number of halogens is 1. The van der Waals surface area contributed by atoms with Crippen molar-refractivity contribution in [1.82, 2.24) is 4.57 Å². The van der Waals surface area contributed by atoms with Crippen LogP contribution in [0.5, 0.6) is 17.2 Å². The average molecular weight is 577 g/mol. The Morgan fingerprint density at radius 3 is 2.71 bits per heavy atom. The summed E-state index contributed by atoms with van der Waals surface area (Å²) in [7, 11) is 0. The first-order valence-electron chi connectivity index (χ1n) is 10.8. The van der Waals surface area contributed by atoms with Crippen LogP contribution >= 0.6 is 34.0 Å². The summed E-state index contributed by atoms with van der Waals surface area (Å²) in [5, 5.41) is 23.9. The first kappa shape index (κ1) is 24.1. The summed E-state index contributed by atoms with van der Waals surface area (Å²) in [4.78, 5) is 36.8. The quantitative estimate of drug-likeness (QED) is 0.292. The van der Waals surface area contributed by atoms with Crippen LogP contribution in [0.15, 0.2) is 40.1 Å². The molecule has 194 valence electrons. The number of thiazole rings is 2. The molecule has 6 rings (SSSR count). The fourth-order valence-corrected chi connectivity index (χ4v) is 7.21. The van der Waals surface area contributed by atoms with Crippen LogP contribution in [0.4, 0.5) is 10.1 Å². The van der Waals surface area contributed by atoms with E-state index in [2.05, 4.69) is 5.32 Å². The lowest BCUT2D eigenvalue weighted by Gasteiger charge is -1.98. The smallest absolute Gasteiger partial charge is 0.370 e. The minimum absolute atomic E-state index is 0.0684. The van der Waals surface area contributed by atoms with E-state index in [1.54, 1.807) is 22.8 Å². The number of carboxylic acids is 2. The number of aliphatic carboxylic acids is 2. The fourth-order valence-electron chi connectivity index (χ4n) is 3.91. The maximum Gasteiger partial charge on any atom is 0.370 e. The maximum absolute atomic E-state index is 15.2. The highest BCUT2D eigenvalue weighted by Crippen LogP contribution is 2.45. The molecule has 11 nitrogen and oxygen atoms in total. The lowest BCUT2D eigenvalue weighted by molar-refractivity contribution is -0.655. The fraction of sp³-hybridized carbons (Fsp3) is 0.130. The molecule has 3 N–H and O–H groups in total. The van der Waals surface area contributed by atoms with E-state index in [9.17, 15) is 24.6 Å². The summed E-state index contributed by atoms with van der Waals surface area (Å²) in [6.07, 6.45) is 2.51. The number of hydrogen-bond acceptors (Lipinski definition) is 10. The predicted octanol–water partition coefficient (Wildman–Crippen LogP) is 1.62. The minimum atomic E-state index is -1.26. The molecule has 0 radical (unpaired) electrons. The molecule has 38 heavy (non-hydrogen) atoms. The third kappa shape index (κ3) is 4.29. The number of nitrogens with one attached hydrogen (secondary N) is 1. The van der Waals surface area contributed by atoms with Crippen molar-refractivity contribution in [2.75, 3.05) is 12.1 Å². The Labute approximate surface area is 222 Å². The van der Waals surface area contributed by atoms with E-state index in [0.717, 1.165) is 31.5 Å². The molecule has 2 aliphatic rings. The van der Waals surface area contributed by atoms with Gasteiger partial charge in [0, 0.05) is 18.2 Å². The minimum Gasteiger partial charge on any atom is -0.480 e. The van der Waals surface area contributed by atoms with Crippen molar-refractivity contribution in [3.05, 3.63) is 59.8 Å². The van der Waals surface area contributed by atoms with Gasteiger partial charge in [0.2, 0.25) is 19.2 Å². The molecule has 0 bridgehead atoms. The van der Waals surface area contributed by atoms with Crippen LogP contribution in [0.2, 0.25) is 0 Å². The zero-order valence-corrected chi connectivity index (χ0v) is 21.4. The van der Waals surface area contributed by atoms with Gasteiger partial charge in [-0.15, -0.1) is 11.3 Å². The standard InChI is InChI=1S/C23H14FN3O8S3/c24-10(21-25-11-4-13-14(34-9-33-13)5-12(11)35-21)3-16-22(32)26(7-19(28)29)17(38-16)6-18-27(8-20(30)31)23-15(37-18)1-2-36-23/h1-6H,7-9H2,(H2-,25,28,29,30,31,32)/p+1. The lowest BCUT2D eigenvalue weighted by atomic mass is 10.2. The number of carbonyl (C=O) groups is 2. The van der Waals surface area contributed by atoms with Crippen LogP contribution < -0.4 is 38.8 Å². The van der Waals surface area contributed by atoms with Crippen molar-refractivity contribution < 1.29 is 43.0 Å². The van der Waals surface area contributed by atoms with Crippen molar-refractivity contribution in [2.45, 2.75) is 13.1 Å². The molecule has 4 aromatic rings. The number of ether oxygens (including phenoxy) is 3. The number of carboxylic acid groups (broad SMARTS) is 2. The van der Waals surface area contributed by atoms with Gasteiger partial charge in [-0.25, -0.2) is 9.18 Å². The molecule has 0 saturated heterocycles. The number of fused-ring (bicyclic) bond motifs is 3. The molecule has 0 atom stereocenters. The first-order valence-corrected chi connectivity index (χ1v) is 13.3. The summed E-state index contributed by atoms with van der Waals surface area (Å²) in [5.41, 5.74) is -0.254. The van der Waals surface area contributed by atoms with Gasteiger partial charge in [-0.3, -0.25) is 14.2 Å². The van der Waals surface area contributed by atoms with Crippen LogP contribution in [-0.2, 0) is 22.7 Å². The Morgan fingerprint density at radius 1 is 1.16 bits per heavy atom. The third-order valence-corrected chi connectivity index (χ3v) is 8.74. The van der Waals surface area contributed by atoms with Gasteiger partial charge in [-0.2, -0.15) is 4.57 Å². The monoisotopic (exact) mass is 576 g/mol. The number of rotatable bonds is 6. The van der Waals surface area contributed by atoms with Crippen LogP contribution in [0.1, 0.15) is 5.01 Å². The van der Waals surface area contributed by atoms with Crippen molar-refractivity contribution in [1.29, 1.82) is 0 Å². The Bertz CT molecular complexity index is 1830. The Balaban J connectivity index is 1.44. The number of thiophene rings is 1. The Morgan fingerprint density at radius 2 is 1.95 bits per heavy atom.